The number of hydrogen-bond donors (Lipinski definition) is 0. The number of halogens is 3. The number of rotatable bonds is 5. The summed E-state index contributed by atoms with van der Waals surface area (Å²) in [5.74, 6) is -2.69. The Kier molecular flexibility index (Phi) is 5.55. The second-order valence-electron chi connectivity index (χ2n) is 8.40. The Balaban J connectivity index is 1.50. The molecule has 0 fully saturated rings. The number of nitrogens with zero attached hydrogens (tertiary/aromatic N) is 4. The van der Waals surface area contributed by atoms with Crippen LogP contribution in [0.2, 0.25) is 0 Å². The van der Waals surface area contributed by atoms with Crippen molar-refractivity contribution < 1.29 is 22.4 Å². The fraction of sp³-hybridized carbons (Fsp3) is 0.280. The smallest absolute Gasteiger partial charge is 0.231 e. The lowest BCUT2D eigenvalue weighted by molar-refractivity contribution is 0.399. The van der Waals surface area contributed by atoms with E-state index in [1.165, 1.54) is 0 Å². The van der Waals surface area contributed by atoms with Gasteiger partial charge in [-0.3, -0.25) is 0 Å². The molecule has 9 heteroatoms. The van der Waals surface area contributed by atoms with Crippen LogP contribution >= 0.6 is 0 Å². The lowest BCUT2D eigenvalue weighted by Gasteiger charge is -2.32. The molecule has 6 nitrogen and oxygen atoms in total. The summed E-state index contributed by atoms with van der Waals surface area (Å²) >= 11 is 0. The van der Waals surface area contributed by atoms with Crippen molar-refractivity contribution in [2.24, 2.45) is 0 Å². The summed E-state index contributed by atoms with van der Waals surface area (Å²) < 4.78 is 54.3. The second-order valence-corrected chi connectivity index (χ2v) is 8.40. The Hall–Kier alpha value is -3.75. The van der Waals surface area contributed by atoms with E-state index in [1.807, 2.05) is 40.8 Å². The van der Waals surface area contributed by atoms with Crippen LogP contribution in [0.3, 0.4) is 0 Å². The van der Waals surface area contributed by atoms with Crippen molar-refractivity contribution in [1.29, 1.82) is 0 Å². The third-order valence-electron chi connectivity index (χ3n) is 6.25. The van der Waals surface area contributed by atoms with E-state index >= 15 is 0 Å². The van der Waals surface area contributed by atoms with Gasteiger partial charge in [-0.1, -0.05) is 11.2 Å². The maximum Gasteiger partial charge on any atom is 0.231 e. The van der Waals surface area contributed by atoms with Crippen LogP contribution in [0.4, 0.5) is 19.1 Å². The standard InChI is InChI=1S/C25H23F3N4O2/c1-14-12-31(13-29-14)21-7-6-16(11-22(21)33-3)24-18-5-4-8-32(25(18)34-30-24)15(2)17-9-19(26)23(28)20(27)10-17/h6-7,9-13,15H,4-5,8H2,1-3H3/t15-/m1/s1. The zero-order chi connectivity index (χ0) is 24.0. The van der Waals surface area contributed by atoms with Crippen LogP contribution in [0.1, 0.15) is 36.2 Å². The van der Waals surface area contributed by atoms with Gasteiger partial charge in [-0.25, -0.2) is 18.2 Å². The zero-order valence-corrected chi connectivity index (χ0v) is 19.0. The highest BCUT2D eigenvalue weighted by molar-refractivity contribution is 5.72. The lowest BCUT2D eigenvalue weighted by atomic mass is 9.97. The molecule has 34 heavy (non-hydrogen) atoms. The molecule has 1 atom stereocenters. The first kappa shape index (κ1) is 22.1. The first-order chi connectivity index (χ1) is 16.4. The number of aromatic nitrogens is 3. The van der Waals surface area contributed by atoms with E-state index in [-0.39, 0.29) is 0 Å². The van der Waals surface area contributed by atoms with Gasteiger partial charge in [0.2, 0.25) is 5.88 Å². The molecule has 2 aromatic carbocycles. The molecule has 5 rings (SSSR count). The summed E-state index contributed by atoms with van der Waals surface area (Å²) in [6, 6.07) is 7.38. The molecule has 0 saturated carbocycles. The number of aryl methyl sites for hydroxylation is 1. The Morgan fingerprint density at radius 1 is 1.12 bits per heavy atom. The van der Waals surface area contributed by atoms with Crippen molar-refractivity contribution in [2.45, 2.75) is 32.7 Å². The Labute approximate surface area is 194 Å². The molecule has 0 amide bonds. The third kappa shape index (κ3) is 3.70. The van der Waals surface area contributed by atoms with Gasteiger partial charge in [0.1, 0.15) is 11.4 Å². The molecule has 0 radical (unpaired) electrons. The molecule has 0 aliphatic carbocycles. The molecule has 1 aliphatic heterocycles. The minimum absolute atomic E-state index is 0.323. The van der Waals surface area contributed by atoms with E-state index in [1.54, 1.807) is 20.4 Å². The number of imidazole rings is 1. The summed E-state index contributed by atoms with van der Waals surface area (Å²) in [5, 5.41) is 4.33. The van der Waals surface area contributed by atoms with E-state index in [4.69, 9.17) is 9.26 Å². The van der Waals surface area contributed by atoms with Crippen molar-refractivity contribution in [3.8, 4) is 22.7 Å². The SMILES string of the molecule is COc1cc(-c2noc3c2CCCN3[C@H](C)c2cc(F)c(F)c(F)c2)ccc1-n1cnc(C)c1. The van der Waals surface area contributed by atoms with Gasteiger partial charge in [-0.05, 0) is 56.5 Å². The lowest BCUT2D eigenvalue weighted by Crippen LogP contribution is -2.31. The van der Waals surface area contributed by atoms with Crippen LogP contribution < -0.4 is 9.64 Å². The molecule has 3 heterocycles. The van der Waals surface area contributed by atoms with Gasteiger partial charge < -0.3 is 18.7 Å². The van der Waals surface area contributed by atoms with Crippen molar-refractivity contribution in [2.75, 3.05) is 18.6 Å². The van der Waals surface area contributed by atoms with Crippen LogP contribution in [-0.2, 0) is 6.42 Å². The van der Waals surface area contributed by atoms with Gasteiger partial charge >= 0.3 is 0 Å². The predicted molar refractivity (Wildman–Crippen MR) is 121 cm³/mol. The van der Waals surface area contributed by atoms with Crippen molar-refractivity contribution in [1.82, 2.24) is 14.7 Å². The van der Waals surface area contributed by atoms with Crippen molar-refractivity contribution >= 4 is 5.88 Å². The number of anilines is 1. The third-order valence-corrected chi connectivity index (χ3v) is 6.25. The number of ether oxygens (including phenoxy) is 1. The Morgan fingerprint density at radius 2 is 1.88 bits per heavy atom. The second kappa shape index (κ2) is 8.55. The van der Waals surface area contributed by atoms with Crippen LogP contribution in [0.15, 0.2) is 47.4 Å². The van der Waals surface area contributed by atoms with E-state index in [0.717, 1.165) is 47.5 Å². The van der Waals surface area contributed by atoms with E-state index in [9.17, 15) is 13.2 Å². The number of methoxy groups -OCH3 is 1. The van der Waals surface area contributed by atoms with Crippen LogP contribution in [0, 0.1) is 24.4 Å². The van der Waals surface area contributed by atoms with E-state index in [0.29, 0.717) is 29.4 Å². The van der Waals surface area contributed by atoms with Gasteiger partial charge in [0.15, 0.2) is 17.5 Å². The Morgan fingerprint density at radius 3 is 2.56 bits per heavy atom. The molecular weight excluding hydrogens is 445 g/mol. The van der Waals surface area contributed by atoms with Crippen LogP contribution in [0.25, 0.3) is 16.9 Å². The van der Waals surface area contributed by atoms with Gasteiger partial charge in [0, 0.05) is 23.9 Å². The number of fused-ring (bicyclic) bond motifs is 1. The molecule has 0 saturated heterocycles. The molecule has 2 aromatic heterocycles. The number of benzene rings is 2. The summed E-state index contributed by atoms with van der Waals surface area (Å²) in [7, 11) is 1.61. The highest BCUT2D eigenvalue weighted by Gasteiger charge is 2.31. The van der Waals surface area contributed by atoms with Gasteiger partial charge in [-0.2, -0.15) is 0 Å². The van der Waals surface area contributed by atoms with Gasteiger partial charge in [0.05, 0.1) is 30.9 Å². The molecule has 4 aromatic rings. The summed E-state index contributed by atoms with van der Waals surface area (Å²) in [6.07, 6.45) is 5.19. The monoisotopic (exact) mass is 468 g/mol. The molecule has 0 spiro atoms. The van der Waals surface area contributed by atoms with Crippen molar-refractivity contribution in [3.05, 3.63) is 77.1 Å². The zero-order valence-electron chi connectivity index (χ0n) is 19.0. The van der Waals surface area contributed by atoms with Gasteiger partial charge in [-0.15, -0.1) is 0 Å². The topological polar surface area (TPSA) is 56.3 Å². The molecule has 176 valence electrons. The molecule has 1 aliphatic rings. The maximum absolute atomic E-state index is 13.8. The van der Waals surface area contributed by atoms with Crippen LogP contribution in [-0.4, -0.2) is 28.4 Å². The minimum atomic E-state index is -1.47. The summed E-state index contributed by atoms with van der Waals surface area (Å²) in [4.78, 5) is 6.17. The average molecular weight is 468 g/mol. The predicted octanol–water partition coefficient (Wildman–Crippen LogP) is 5.78. The maximum atomic E-state index is 13.8. The number of hydrogen-bond acceptors (Lipinski definition) is 5. The fourth-order valence-electron chi connectivity index (χ4n) is 4.46. The van der Waals surface area contributed by atoms with E-state index < -0.39 is 23.5 Å². The van der Waals surface area contributed by atoms with Crippen LogP contribution in [0.5, 0.6) is 5.75 Å². The molecule has 0 bridgehead atoms. The van der Waals surface area contributed by atoms with Gasteiger partial charge in [0.25, 0.3) is 0 Å². The summed E-state index contributed by atoms with van der Waals surface area (Å²) in [5.41, 5.74) is 4.50. The minimum Gasteiger partial charge on any atom is -0.495 e. The Bertz CT molecular complexity index is 1340. The molecule has 0 unspecified atom stereocenters. The highest BCUT2D eigenvalue weighted by atomic mass is 19.2. The molecule has 0 N–H and O–H groups in total. The summed E-state index contributed by atoms with van der Waals surface area (Å²) in [6.45, 7) is 4.33. The average Bonchev–Trinajstić information content (AvgIpc) is 3.47. The fourth-order valence-corrected chi connectivity index (χ4v) is 4.46. The van der Waals surface area contributed by atoms with Crippen molar-refractivity contribution in [3.63, 3.8) is 0 Å². The quantitative estimate of drug-likeness (QED) is 0.348. The largest absolute Gasteiger partial charge is 0.495 e. The normalized spacial score (nSPS) is 14.2. The first-order valence-corrected chi connectivity index (χ1v) is 11.0. The molecular formula is C25H23F3N4O2. The highest BCUT2D eigenvalue weighted by Crippen LogP contribution is 2.41. The van der Waals surface area contributed by atoms with E-state index in [2.05, 4.69) is 10.1 Å². The first-order valence-electron chi connectivity index (χ1n) is 11.0.